The minimum Gasteiger partial charge on any atom is -0.366 e. The molecule has 1 aromatic carbocycles. The Morgan fingerprint density at radius 2 is 2.09 bits per heavy atom. The van der Waals surface area contributed by atoms with Crippen LogP contribution in [0.3, 0.4) is 0 Å². The number of hydrogen-bond acceptors (Lipinski definition) is 3. The molecule has 6 nitrogen and oxygen atoms in total. The SMILES string of the molecule is Cc1cc(Cl)cc(C(N)=O)c1NC(=O)c1cc(Br)nn1C1CC1. The van der Waals surface area contributed by atoms with Gasteiger partial charge in [0.2, 0.25) is 0 Å². The molecule has 1 aliphatic carbocycles. The van der Waals surface area contributed by atoms with Crippen molar-refractivity contribution in [3.8, 4) is 0 Å². The van der Waals surface area contributed by atoms with Crippen LogP contribution in [0.5, 0.6) is 0 Å². The molecule has 0 spiro atoms. The normalized spacial score (nSPS) is 13.9. The lowest BCUT2D eigenvalue weighted by Gasteiger charge is -2.13. The zero-order valence-electron chi connectivity index (χ0n) is 12.3. The third-order valence-electron chi connectivity index (χ3n) is 3.64. The van der Waals surface area contributed by atoms with Crippen molar-refractivity contribution in [2.45, 2.75) is 25.8 Å². The molecule has 0 atom stereocenters. The third kappa shape index (κ3) is 3.25. The quantitative estimate of drug-likeness (QED) is 0.829. The number of hydrogen-bond donors (Lipinski definition) is 2. The van der Waals surface area contributed by atoms with Gasteiger partial charge < -0.3 is 11.1 Å². The van der Waals surface area contributed by atoms with Crippen molar-refractivity contribution in [2.24, 2.45) is 5.73 Å². The van der Waals surface area contributed by atoms with Gasteiger partial charge in [0.15, 0.2) is 0 Å². The van der Waals surface area contributed by atoms with Crippen LogP contribution in [-0.4, -0.2) is 21.6 Å². The number of aromatic nitrogens is 2. The van der Waals surface area contributed by atoms with Gasteiger partial charge in [0.25, 0.3) is 11.8 Å². The van der Waals surface area contributed by atoms with Crippen molar-refractivity contribution >= 4 is 45.0 Å². The molecule has 0 saturated heterocycles. The molecule has 2 aromatic rings. The second kappa shape index (κ2) is 5.98. The maximum absolute atomic E-state index is 12.6. The van der Waals surface area contributed by atoms with E-state index in [2.05, 4.69) is 26.3 Å². The van der Waals surface area contributed by atoms with E-state index >= 15 is 0 Å². The van der Waals surface area contributed by atoms with E-state index in [1.165, 1.54) is 6.07 Å². The van der Waals surface area contributed by atoms with Gasteiger partial charge in [-0.15, -0.1) is 0 Å². The van der Waals surface area contributed by atoms with Crippen LogP contribution in [0.25, 0.3) is 0 Å². The maximum Gasteiger partial charge on any atom is 0.274 e. The van der Waals surface area contributed by atoms with Crippen LogP contribution in [0.2, 0.25) is 5.02 Å². The average molecular weight is 398 g/mol. The third-order valence-corrected chi connectivity index (χ3v) is 4.24. The van der Waals surface area contributed by atoms with Gasteiger partial charge in [0, 0.05) is 11.1 Å². The lowest BCUT2D eigenvalue weighted by Crippen LogP contribution is -2.21. The number of aryl methyl sites for hydroxylation is 1. The highest BCUT2D eigenvalue weighted by atomic mass is 79.9. The minimum absolute atomic E-state index is 0.180. The number of amides is 2. The van der Waals surface area contributed by atoms with Crippen molar-refractivity contribution in [1.29, 1.82) is 0 Å². The van der Waals surface area contributed by atoms with E-state index in [0.717, 1.165) is 12.8 Å². The van der Waals surface area contributed by atoms with E-state index in [0.29, 0.717) is 26.6 Å². The van der Waals surface area contributed by atoms with Crippen molar-refractivity contribution in [2.75, 3.05) is 5.32 Å². The van der Waals surface area contributed by atoms with Gasteiger partial charge in [-0.3, -0.25) is 14.3 Å². The second-order valence-electron chi connectivity index (χ2n) is 5.49. The molecule has 3 rings (SSSR count). The van der Waals surface area contributed by atoms with Gasteiger partial charge >= 0.3 is 0 Å². The summed E-state index contributed by atoms with van der Waals surface area (Å²) in [6.45, 7) is 1.75. The van der Waals surface area contributed by atoms with Crippen molar-refractivity contribution in [3.05, 3.63) is 44.6 Å². The summed E-state index contributed by atoms with van der Waals surface area (Å²) in [5.41, 5.74) is 7.03. The Bertz CT molecular complexity index is 814. The lowest BCUT2D eigenvalue weighted by molar-refractivity contribution is 0.100. The molecule has 1 aromatic heterocycles. The molecule has 8 heteroatoms. The van der Waals surface area contributed by atoms with E-state index < -0.39 is 5.91 Å². The first kappa shape index (κ1) is 16.0. The first-order chi connectivity index (χ1) is 10.9. The summed E-state index contributed by atoms with van der Waals surface area (Å²) >= 11 is 9.25. The van der Waals surface area contributed by atoms with E-state index in [9.17, 15) is 9.59 Å². The Hall–Kier alpha value is -1.86. The fourth-order valence-corrected chi connectivity index (χ4v) is 3.07. The average Bonchev–Trinajstić information content (AvgIpc) is 3.23. The molecular weight excluding hydrogens is 384 g/mol. The number of primary amides is 1. The summed E-state index contributed by atoms with van der Waals surface area (Å²) in [5.74, 6) is -0.995. The molecule has 0 aliphatic heterocycles. The zero-order valence-corrected chi connectivity index (χ0v) is 14.6. The fraction of sp³-hybridized carbons (Fsp3) is 0.267. The van der Waals surface area contributed by atoms with Crippen LogP contribution in [-0.2, 0) is 0 Å². The Kier molecular flexibility index (Phi) is 4.16. The Balaban J connectivity index is 1.96. The number of rotatable bonds is 4. The molecular formula is C15H14BrClN4O2. The number of anilines is 1. The number of benzene rings is 1. The highest BCUT2D eigenvalue weighted by molar-refractivity contribution is 9.10. The Morgan fingerprint density at radius 1 is 1.39 bits per heavy atom. The van der Waals surface area contributed by atoms with Crippen LogP contribution in [0.4, 0.5) is 5.69 Å². The van der Waals surface area contributed by atoms with E-state index in [1.807, 2.05) is 0 Å². The molecule has 1 fully saturated rings. The number of halogens is 2. The monoisotopic (exact) mass is 396 g/mol. The summed E-state index contributed by atoms with van der Waals surface area (Å²) < 4.78 is 2.30. The van der Waals surface area contributed by atoms with Gasteiger partial charge in [-0.05, 0) is 53.4 Å². The number of nitrogens with two attached hydrogens (primary N) is 1. The molecule has 0 bridgehead atoms. The maximum atomic E-state index is 12.6. The molecule has 2 amide bonds. The van der Waals surface area contributed by atoms with E-state index in [-0.39, 0.29) is 17.5 Å². The van der Waals surface area contributed by atoms with E-state index in [4.69, 9.17) is 17.3 Å². The summed E-state index contributed by atoms with van der Waals surface area (Å²) in [5, 5.41) is 7.44. The summed E-state index contributed by atoms with van der Waals surface area (Å²) in [7, 11) is 0. The number of nitrogens with zero attached hydrogens (tertiary/aromatic N) is 2. The molecule has 3 N–H and O–H groups in total. The second-order valence-corrected chi connectivity index (χ2v) is 6.74. The summed E-state index contributed by atoms with van der Waals surface area (Å²) in [6, 6.07) is 5.02. The topological polar surface area (TPSA) is 90.0 Å². The fourth-order valence-electron chi connectivity index (χ4n) is 2.41. The largest absolute Gasteiger partial charge is 0.366 e. The van der Waals surface area contributed by atoms with Gasteiger partial charge in [0.1, 0.15) is 10.3 Å². The van der Waals surface area contributed by atoms with Crippen molar-refractivity contribution in [3.63, 3.8) is 0 Å². The highest BCUT2D eigenvalue weighted by Crippen LogP contribution is 2.36. The number of carbonyl (C=O) groups excluding carboxylic acids is 2. The molecule has 120 valence electrons. The standard InChI is InChI=1S/C15H14BrClN4O2/c1-7-4-8(17)5-10(14(18)22)13(7)19-15(23)11-6-12(16)20-21(11)9-2-3-9/h4-6,9H,2-3H2,1H3,(H2,18,22)(H,19,23). The smallest absolute Gasteiger partial charge is 0.274 e. The van der Waals surface area contributed by atoms with Gasteiger partial charge in [-0.25, -0.2) is 0 Å². The van der Waals surface area contributed by atoms with Crippen LogP contribution in [0.1, 0.15) is 45.3 Å². The Morgan fingerprint density at radius 3 is 2.70 bits per heavy atom. The minimum atomic E-state index is -0.650. The van der Waals surface area contributed by atoms with Crippen molar-refractivity contribution < 1.29 is 9.59 Å². The first-order valence-corrected chi connectivity index (χ1v) is 8.20. The zero-order chi connectivity index (χ0) is 16.7. The van der Waals surface area contributed by atoms with Crippen LogP contribution in [0, 0.1) is 6.92 Å². The van der Waals surface area contributed by atoms with Crippen LogP contribution in [0.15, 0.2) is 22.8 Å². The lowest BCUT2D eigenvalue weighted by atomic mass is 10.1. The highest BCUT2D eigenvalue weighted by Gasteiger charge is 2.29. The summed E-state index contributed by atoms with van der Waals surface area (Å²) in [4.78, 5) is 24.2. The first-order valence-electron chi connectivity index (χ1n) is 7.03. The van der Waals surface area contributed by atoms with Gasteiger partial charge in [0.05, 0.1) is 17.3 Å². The van der Waals surface area contributed by atoms with Crippen LogP contribution < -0.4 is 11.1 Å². The van der Waals surface area contributed by atoms with E-state index in [1.54, 1.807) is 23.7 Å². The Labute approximate surface area is 146 Å². The molecule has 1 heterocycles. The molecule has 1 aliphatic rings. The molecule has 0 radical (unpaired) electrons. The van der Waals surface area contributed by atoms with Gasteiger partial charge in [-0.2, -0.15) is 5.10 Å². The molecule has 1 saturated carbocycles. The predicted molar refractivity (Wildman–Crippen MR) is 90.9 cm³/mol. The van der Waals surface area contributed by atoms with Crippen molar-refractivity contribution in [1.82, 2.24) is 9.78 Å². The molecule has 23 heavy (non-hydrogen) atoms. The predicted octanol–water partition coefficient (Wildman–Crippen LogP) is 3.29. The number of carbonyl (C=O) groups is 2. The van der Waals surface area contributed by atoms with Crippen LogP contribution >= 0.6 is 27.5 Å². The number of nitrogens with one attached hydrogen (secondary N) is 1. The molecule has 0 unspecified atom stereocenters. The van der Waals surface area contributed by atoms with Gasteiger partial charge in [-0.1, -0.05) is 11.6 Å². The summed E-state index contributed by atoms with van der Waals surface area (Å²) in [6.07, 6.45) is 2.00.